The van der Waals surface area contributed by atoms with Crippen LogP contribution in [-0.4, -0.2) is 54.8 Å². The molecule has 0 amide bonds. The summed E-state index contributed by atoms with van der Waals surface area (Å²) in [5.41, 5.74) is 4.76. The minimum Gasteiger partial charge on any atom is -0.492 e. The smallest absolute Gasteiger partial charge is 0.338 e. The van der Waals surface area contributed by atoms with Crippen LogP contribution in [0, 0.1) is 0 Å². The highest BCUT2D eigenvalue weighted by Gasteiger charge is 2.33. The fourth-order valence-corrected chi connectivity index (χ4v) is 9.15. The third-order valence-corrected chi connectivity index (χ3v) is 14.2. The zero-order chi connectivity index (χ0) is 36.9. The Balaban J connectivity index is 1.45. The lowest BCUT2D eigenvalue weighted by molar-refractivity contribution is 0.0526. The first kappa shape index (κ1) is 39.6. The van der Waals surface area contributed by atoms with Crippen LogP contribution in [0.25, 0.3) is 11.1 Å². The molecule has 2 atom stereocenters. The summed E-state index contributed by atoms with van der Waals surface area (Å²) >= 11 is 0. The largest absolute Gasteiger partial charge is 0.492 e. The predicted octanol–water partition coefficient (Wildman–Crippen LogP) is 8.60. The first-order valence-corrected chi connectivity index (χ1v) is 22.1. The van der Waals surface area contributed by atoms with Gasteiger partial charge in [0.15, 0.2) is 8.32 Å². The van der Waals surface area contributed by atoms with Gasteiger partial charge in [-0.2, -0.15) is 0 Å². The van der Waals surface area contributed by atoms with E-state index < -0.39 is 18.3 Å². The molecule has 51 heavy (non-hydrogen) atoms. The number of esters is 1. The fourth-order valence-electron chi connectivity index (χ4n) is 5.76. The Bertz CT molecular complexity index is 1770. The summed E-state index contributed by atoms with van der Waals surface area (Å²) in [6, 6.07) is 33.5. The number of anilines is 1. The van der Waals surface area contributed by atoms with Gasteiger partial charge in [0.2, 0.25) is 10.0 Å². The minimum absolute atomic E-state index is 0.00534. The van der Waals surface area contributed by atoms with Gasteiger partial charge in [0.1, 0.15) is 24.7 Å². The average Bonchev–Trinajstić information content (AvgIpc) is 3.14. The summed E-state index contributed by atoms with van der Waals surface area (Å²) in [6.07, 6.45) is 0.830. The molecule has 0 bridgehead atoms. The van der Waals surface area contributed by atoms with Gasteiger partial charge in [0, 0.05) is 12.6 Å². The van der Waals surface area contributed by atoms with E-state index in [0.29, 0.717) is 43.4 Å². The van der Waals surface area contributed by atoms with Crippen molar-refractivity contribution in [2.24, 2.45) is 0 Å². The second-order valence-electron chi connectivity index (χ2n) is 12.7. The van der Waals surface area contributed by atoms with Crippen molar-refractivity contribution >= 4 is 30.0 Å². The fraction of sp³-hybridized carbons (Fsp3) is 0.375. The molecule has 11 heteroatoms. The number of benzene rings is 4. The molecule has 4 aromatic carbocycles. The van der Waals surface area contributed by atoms with Gasteiger partial charge in [-0.25, -0.2) is 13.2 Å². The molecule has 0 aliphatic heterocycles. The Morgan fingerprint density at radius 2 is 1.43 bits per heavy atom. The molecule has 0 saturated carbocycles. The molecule has 274 valence electrons. The van der Waals surface area contributed by atoms with Crippen LogP contribution in [0.2, 0.25) is 18.1 Å². The number of rotatable bonds is 20. The molecule has 0 aromatic heterocycles. The van der Waals surface area contributed by atoms with Gasteiger partial charge in [-0.05, 0) is 90.6 Å². The van der Waals surface area contributed by atoms with Gasteiger partial charge in [-0.1, -0.05) is 81.4 Å². The molecule has 0 aliphatic rings. The highest BCUT2D eigenvalue weighted by atomic mass is 32.2. The van der Waals surface area contributed by atoms with Gasteiger partial charge < -0.3 is 24.0 Å². The first-order chi connectivity index (χ1) is 24.5. The lowest BCUT2D eigenvalue weighted by Crippen LogP contribution is -2.42. The number of hydrogen-bond acceptors (Lipinski definition) is 8. The number of hydrogen-bond donors (Lipinski definition) is 2. The van der Waals surface area contributed by atoms with Crippen LogP contribution in [0.3, 0.4) is 0 Å². The quantitative estimate of drug-likeness (QED) is 0.0687. The van der Waals surface area contributed by atoms with Crippen molar-refractivity contribution in [1.82, 2.24) is 5.32 Å². The van der Waals surface area contributed by atoms with E-state index in [4.69, 9.17) is 18.6 Å². The molecular weight excluding hydrogens is 681 g/mol. The van der Waals surface area contributed by atoms with Crippen LogP contribution in [0.5, 0.6) is 11.5 Å². The number of sulfonamides is 1. The topological polar surface area (TPSA) is 112 Å². The summed E-state index contributed by atoms with van der Waals surface area (Å²) in [7, 11) is -5.62. The Morgan fingerprint density at radius 3 is 2.02 bits per heavy atom. The minimum atomic E-state index is -3.57. The maximum atomic E-state index is 12.4. The number of nitrogens with one attached hydrogen (secondary N) is 2. The summed E-state index contributed by atoms with van der Waals surface area (Å²) in [6.45, 7) is 12.0. The van der Waals surface area contributed by atoms with Crippen LogP contribution in [-0.2, 0) is 25.8 Å². The zero-order valence-corrected chi connectivity index (χ0v) is 32.4. The average molecular weight is 733 g/mol. The number of carbonyl (C=O) groups is 1. The van der Waals surface area contributed by atoms with Crippen molar-refractivity contribution in [1.29, 1.82) is 0 Å². The summed E-state index contributed by atoms with van der Waals surface area (Å²) in [5, 5.41) is 3.60. The van der Waals surface area contributed by atoms with E-state index in [1.165, 1.54) is 0 Å². The van der Waals surface area contributed by atoms with Crippen molar-refractivity contribution in [2.45, 2.75) is 71.5 Å². The van der Waals surface area contributed by atoms with Crippen LogP contribution in [0.4, 0.5) is 5.69 Å². The zero-order valence-electron chi connectivity index (χ0n) is 30.6. The Morgan fingerprint density at radius 1 is 0.804 bits per heavy atom. The maximum absolute atomic E-state index is 12.4. The number of carbonyl (C=O) groups excluding carboxylic acids is 1. The molecule has 0 fully saturated rings. The van der Waals surface area contributed by atoms with Crippen molar-refractivity contribution < 1.29 is 31.8 Å². The normalized spacial score (nSPS) is 12.9. The van der Waals surface area contributed by atoms with Crippen molar-refractivity contribution in [2.75, 3.05) is 30.7 Å². The van der Waals surface area contributed by atoms with E-state index >= 15 is 0 Å². The Labute approximate surface area is 304 Å². The molecule has 0 unspecified atom stereocenters. The van der Waals surface area contributed by atoms with Gasteiger partial charge in [-0.15, -0.1) is 0 Å². The molecule has 0 spiro atoms. The van der Waals surface area contributed by atoms with Crippen LogP contribution < -0.4 is 19.5 Å². The molecule has 2 N–H and O–H groups in total. The molecule has 0 heterocycles. The van der Waals surface area contributed by atoms with Crippen molar-refractivity contribution in [3.05, 3.63) is 114 Å². The van der Waals surface area contributed by atoms with Crippen LogP contribution in [0.15, 0.2) is 97.1 Å². The summed E-state index contributed by atoms with van der Waals surface area (Å²) in [5.74, 6) is 0.873. The van der Waals surface area contributed by atoms with Crippen molar-refractivity contribution in [3.63, 3.8) is 0 Å². The molecule has 0 aliphatic carbocycles. The molecule has 4 aromatic rings. The lowest BCUT2D eigenvalue weighted by atomic mass is 10.0. The Hall–Kier alpha value is -4.16. The third-order valence-electron chi connectivity index (χ3n) is 8.97. The molecular formula is C40H52N2O7SSi. The maximum Gasteiger partial charge on any atom is 0.338 e. The van der Waals surface area contributed by atoms with E-state index in [9.17, 15) is 13.2 Å². The van der Waals surface area contributed by atoms with E-state index in [1.807, 2.05) is 84.9 Å². The monoisotopic (exact) mass is 732 g/mol. The number of ether oxygens (including phenoxy) is 3. The van der Waals surface area contributed by atoms with E-state index in [-0.39, 0.29) is 18.1 Å². The standard InChI is InChI=1S/C40H52N2O7SSi/c1-7-46-40(43)34-18-16-32(17-19-34)33-20-23-36(24-21-33)47-28-30(5)41-27-39(49-51(8-2,9-3)10-4)35-22-25-38(37(26-35)42-50(6,44)45)48-29-31-14-12-11-13-15-31/h11-26,30,39,41-42H,7-10,27-29H2,1-6H3/t30-,39+/m1/s1. The molecule has 0 radical (unpaired) electrons. The second kappa shape index (κ2) is 18.9. The predicted molar refractivity (Wildman–Crippen MR) is 207 cm³/mol. The highest BCUT2D eigenvalue weighted by molar-refractivity contribution is 7.92. The van der Waals surface area contributed by atoms with Gasteiger partial charge in [-0.3, -0.25) is 4.72 Å². The van der Waals surface area contributed by atoms with Gasteiger partial charge in [0.05, 0.1) is 30.2 Å². The van der Waals surface area contributed by atoms with Crippen molar-refractivity contribution in [3.8, 4) is 22.6 Å². The van der Waals surface area contributed by atoms with Crippen LogP contribution >= 0.6 is 0 Å². The lowest BCUT2D eigenvalue weighted by Gasteiger charge is -2.34. The SMILES string of the molecule is CCOC(=O)c1ccc(-c2ccc(OC[C@@H](C)NC[C@H](O[Si](CC)(CC)CC)c3ccc(OCc4ccccc4)c(NS(C)(=O)=O)c3)cc2)cc1. The molecule has 4 rings (SSSR count). The van der Waals surface area contributed by atoms with E-state index in [1.54, 1.807) is 19.1 Å². The highest BCUT2D eigenvalue weighted by Crippen LogP contribution is 2.35. The van der Waals surface area contributed by atoms with E-state index in [0.717, 1.165) is 52.4 Å². The summed E-state index contributed by atoms with van der Waals surface area (Å²) < 4.78 is 51.8. The molecule has 9 nitrogen and oxygen atoms in total. The van der Waals surface area contributed by atoms with E-state index in [2.05, 4.69) is 37.7 Å². The third kappa shape index (κ3) is 12.0. The molecule has 0 saturated heterocycles. The van der Waals surface area contributed by atoms with Crippen LogP contribution in [0.1, 0.15) is 62.2 Å². The first-order valence-electron chi connectivity index (χ1n) is 17.7. The Kier molecular flexibility index (Phi) is 14.7. The summed E-state index contributed by atoms with van der Waals surface area (Å²) in [4.78, 5) is 12.0. The second-order valence-corrected chi connectivity index (χ2v) is 19.2. The van der Waals surface area contributed by atoms with Gasteiger partial charge in [0.25, 0.3) is 0 Å². The van der Waals surface area contributed by atoms with Gasteiger partial charge >= 0.3 is 5.97 Å².